The maximum absolute atomic E-state index is 9.17. The number of nitrogens with one attached hydrogen (secondary N) is 1. The molecule has 0 aromatic heterocycles. The van der Waals surface area contributed by atoms with Crippen molar-refractivity contribution in [1.29, 1.82) is 5.26 Å². The summed E-state index contributed by atoms with van der Waals surface area (Å²) in [6.07, 6.45) is 1.00. The number of nitrogens with zero attached hydrogens (tertiary/aromatic N) is 1. The zero-order valence-corrected chi connectivity index (χ0v) is 10.7. The van der Waals surface area contributed by atoms with Gasteiger partial charge in [-0.25, -0.2) is 0 Å². The lowest BCUT2D eigenvalue weighted by molar-refractivity contribution is 0.500. The molecule has 0 spiro atoms. The standard InChI is InChI=1S/C13H17ClN2/c1-4-10(3)16-13(8-15)12-6-5-11(14)7-9(12)2/h5-7,10,13,16H,4H2,1-3H3. The van der Waals surface area contributed by atoms with Gasteiger partial charge in [0.2, 0.25) is 0 Å². The molecule has 86 valence electrons. The second kappa shape index (κ2) is 5.89. The summed E-state index contributed by atoms with van der Waals surface area (Å²) in [6.45, 7) is 6.15. The lowest BCUT2D eigenvalue weighted by Gasteiger charge is -2.18. The van der Waals surface area contributed by atoms with Gasteiger partial charge in [-0.1, -0.05) is 24.6 Å². The number of halogens is 1. The van der Waals surface area contributed by atoms with Crippen LogP contribution in [0.1, 0.15) is 37.4 Å². The molecule has 0 amide bonds. The van der Waals surface area contributed by atoms with Gasteiger partial charge >= 0.3 is 0 Å². The van der Waals surface area contributed by atoms with E-state index in [4.69, 9.17) is 11.6 Å². The largest absolute Gasteiger partial charge is 0.296 e. The minimum absolute atomic E-state index is 0.257. The zero-order chi connectivity index (χ0) is 12.1. The van der Waals surface area contributed by atoms with Gasteiger partial charge in [-0.2, -0.15) is 5.26 Å². The molecule has 0 fully saturated rings. The van der Waals surface area contributed by atoms with Crippen molar-refractivity contribution in [2.75, 3.05) is 0 Å². The lowest BCUT2D eigenvalue weighted by atomic mass is 10.0. The van der Waals surface area contributed by atoms with Gasteiger partial charge in [0, 0.05) is 11.1 Å². The van der Waals surface area contributed by atoms with Crippen LogP contribution in [0.15, 0.2) is 18.2 Å². The normalized spacial score (nSPS) is 14.2. The van der Waals surface area contributed by atoms with Crippen LogP contribution in [0.25, 0.3) is 0 Å². The molecule has 2 atom stereocenters. The van der Waals surface area contributed by atoms with E-state index in [1.54, 1.807) is 0 Å². The van der Waals surface area contributed by atoms with Gasteiger partial charge in [0.25, 0.3) is 0 Å². The predicted molar refractivity (Wildman–Crippen MR) is 67.4 cm³/mol. The molecule has 0 aliphatic heterocycles. The van der Waals surface area contributed by atoms with Gasteiger partial charge in [0.05, 0.1) is 6.07 Å². The first-order valence-corrected chi connectivity index (χ1v) is 5.88. The van der Waals surface area contributed by atoms with E-state index in [9.17, 15) is 5.26 Å². The Hall–Kier alpha value is -1.04. The Bertz CT molecular complexity index is 395. The van der Waals surface area contributed by atoms with Gasteiger partial charge in [-0.05, 0) is 43.5 Å². The molecule has 3 heteroatoms. The van der Waals surface area contributed by atoms with E-state index in [1.807, 2.05) is 25.1 Å². The highest BCUT2D eigenvalue weighted by atomic mass is 35.5. The summed E-state index contributed by atoms with van der Waals surface area (Å²) < 4.78 is 0. The van der Waals surface area contributed by atoms with E-state index in [-0.39, 0.29) is 6.04 Å². The van der Waals surface area contributed by atoms with Crippen molar-refractivity contribution in [2.45, 2.75) is 39.3 Å². The Morgan fingerprint density at radius 2 is 2.19 bits per heavy atom. The molecule has 0 saturated heterocycles. The summed E-state index contributed by atoms with van der Waals surface area (Å²) in [6, 6.07) is 8.00. The SMILES string of the molecule is CCC(C)NC(C#N)c1ccc(Cl)cc1C. The fraction of sp³-hybridized carbons (Fsp3) is 0.462. The Morgan fingerprint density at radius 3 is 2.69 bits per heavy atom. The molecule has 1 N–H and O–H groups in total. The molecule has 1 rings (SSSR count). The molecule has 2 nitrogen and oxygen atoms in total. The van der Waals surface area contributed by atoms with Crippen molar-refractivity contribution in [2.24, 2.45) is 0 Å². The molecule has 0 bridgehead atoms. The van der Waals surface area contributed by atoms with E-state index in [1.165, 1.54) is 0 Å². The van der Waals surface area contributed by atoms with Crippen molar-refractivity contribution in [3.63, 3.8) is 0 Å². The van der Waals surface area contributed by atoms with E-state index in [2.05, 4.69) is 25.2 Å². The van der Waals surface area contributed by atoms with Crippen molar-refractivity contribution >= 4 is 11.6 Å². The number of hydrogen-bond donors (Lipinski definition) is 1. The second-order valence-electron chi connectivity index (χ2n) is 4.04. The third kappa shape index (κ3) is 3.23. The fourth-order valence-corrected chi connectivity index (χ4v) is 1.79. The van der Waals surface area contributed by atoms with Crippen molar-refractivity contribution in [3.8, 4) is 6.07 Å². The minimum Gasteiger partial charge on any atom is -0.296 e. The average molecular weight is 237 g/mol. The third-order valence-electron chi connectivity index (χ3n) is 2.74. The first kappa shape index (κ1) is 13.0. The summed E-state index contributed by atoms with van der Waals surface area (Å²) in [4.78, 5) is 0. The van der Waals surface area contributed by atoms with Crippen LogP contribution in [0.4, 0.5) is 0 Å². The molecule has 2 unspecified atom stereocenters. The van der Waals surface area contributed by atoms with Crippen molar-refractivity contribution in [1.82, 2.24) is 5.32 Å². The molecule has 0 heterocycles. The Balaban J connectivity index is 2.92. The average Bonchev–Trinajstić information content (AvgIpc) is 2.26. The number of rotatable bonds is 4. The summed E-state index contributed by atoms with van der Waals surface area (Å²) >= 11 is 5.89. The number of hydrogen-bond acceptors (Lipinski definition) is 2. The number of benzene rings is 1. The van der Waals surface area contributed by atoms with Crippen LogP contribution in [0.2, 0.25) is 5.02 Å². The van der Waals surface area contributed by atoms with E-state index in [0.717, 1.165) is 17.5 Å². The van der Waals surface area contributed by atoms with Gasteiger partial charge in [-0.3, -0.25) is 5.32 Å². The van der Waals surface area contributed by atoms with Gasteiger partial charge in [-0.15, -0.1) is 0 Å². The quantitative estimate of drug-likeness (QED) is 0.867. The molecule has 0 aliphatic rings. The highest BCUT2D eigenvalue weighted by Crippen LogP contribution is 2.21. The molecule has 16 heavy (non-hydrogen) atoms. The van der Waals surface area contributed by atoms with Crippen LogP contribution in [-0.4, -0.2) is 6.04 Å². The first-order chi connectivity index (χ1) is 7.58. The Labute approximate surface area is 102 Å². The molecular weight excluding hydrogens is 220 g/mol. The zero-order valence-electron chi connectivity index (χ0n) is 9.92. The number of aryl methyl sites for hydroxylation is 1. The van der Waals surface area contributed by atoms with Gasteiger partial charge < -0.3 is 0 Å². The minimum atomic E-state index is -0.257. The molecule has 1 aromatic rings. The van der Waals surface area contributed by atoms with Crippen LogP contribution in [-0.2, 0) is 0 Å². The summed E-state index contributed by atoms with van der Waals surface area (Å²) in [7, 11) is 0. The van der Waals surface area contributed by atoms with Crippen LogP contribution in [0.3, 0.4) is 0 Å². The van der Waals surface area contributed by atoms with Crippen LogP contribution < -0.4 is 5.32 Å². The number of nitriles is 1. The molecule has 1 aromatic carbocycles. The predicted octanol–water partition coefficient (Wildman–Crippen LogP) is 3.60. The smallest absolute Gasteiger partial charge is 0.121 e. The van der Waals surface area contributed by atoms with Gasteiger partial charge in [0.15, 0.2) is 0 Å². The monoisotopic (exact) mass is 236 g/mol. The van der Waals surface area contributed by atoms with E-state index < -0.39 is 0 Å². The maximum Gasteiger partial charge on any atom is 0.121 e. The molecule has 0 radical (unpaired) electrons. The van der Waals surface area contributed by atoms with Crippen LogP contribution >= 0.6 is 11.6 Å². The first-order valence-electron chi connectivity index (χ1n) is 5.50. The maximum atomic E-state index is 9.17. The Morgan fingerprint density at radius 1 is 1.50 bits per heavy atom. The Kier molecular flexibility index (Phi) is 4.79. The molecular formula is C13H17ClN2. The lowest BCUT2D eigenvalue weighted by Crippen LogP contribution is -2.29. The van der Waals surface area contributed by atoms with Gasteiger partial charge in [0.1, 0.15) is 6.04 Å². The van der Waals surface area contributed by atoms with Crippen LogP contribution in [0.5, 0.6) is 0 Å². The summed E-state index contributed by atoms with van der Waals surface area (Å²) in [5.41, 5.74) is 2.06. The summed E-state index contributed by atoms with van der Waals surface area (Å²) in [5.74, 6) is 0. The highest BCUT2D eigenvalue weighted by molar-refractivity contribution is 6.30. The highest BCUT2D eigenvalue weighted by Gasteiger charge is 2.14. The van der Waals surface area contributed by atoms with E-state index >= 15 is 0 Å². The third-order valence-corrected chi connectivity index (χ3v) is 2.97. The molecule has 0 saturated carbocycles. The van der Waals surface area contributed by atoms with Crippen molar-refractivity contribution < 1.29 is 0 Å². The van der Waals surface area contributed by atoms with E-state index in [0.29, 0.717) is 11.1 Å². The fourth-order valence-electron chi connectivity index (χ4n) is 1.56. The summed E-state index contributed by atoms with van der Waals surface area (Å²) in [5, 5.41) is 13.2. The molecule has 0 aliphatic carbocycles. The topological polar surface area (TPSA) is 35.8 Å². The van der Waals surface area contributed by atoms with Crippen molar-refractivity contribution in [3.05, 3.63) is 34.3 Å². The van der Waals surface area contributed by atoms with Crippen LogP contribution in [0, 0.1) is 18.3 Å². The second-order valence-corrected chi connectivity index (χ2v) is 4.48.